The number of carbonyl (C=O) groups excluding carboxylic acids is 1. The van der Waals surface area contributed by atoms with Gasteiger partial charge in [-0.05, 0) is 72.7 Å². The number of nitrogens with one attached hydrogen (secondary N) is 3. The number of allylic oxidation sites excluding steroid dienone is 4. The van der Waals surface area contributed by atoms with Gasteiger partial charge in [0.15, 0.2) is 5.76 Å². The molecule has 0 saturated carbocycles. The molecule has 4 heterocycles. The van der Waals surface area contributed by atoms with Crippen molar-refractivity contribution in [2.75, 3.05) is 64.1 Å². The molecule has 2 aliphatic rings. The third kappa shape index (κ3) is 12.5. The summed E-state index contributed by atoms with van der Waals surface area (Å²) in [5.74, 6) is 4.87. The van der Waals surface area contributed by atoms with Crippen LogP contribution in [0.5, 0.6) is 5.88 Å². The topological polar surface area (TPSA) is 166 Å². The number of likely N-dealkylation sites (tertiary alicyclic amines) is 1. The molecule has 60 heavy (non-hydrogen) atoms. The molecule has 1 atom stereocenters. The molecule has 1 fully saturated rings. The van der Waals surface area contributed by atoms with Crippen molar-refractivity contribution in [3.8, 4) is 18.2 Å². The number of piperidine rings is 1. The van der Waals surface area contributed by atoms with Crippen molar-refractivity contribution in [3.63, 3.8) is 0 Å². The molecule has 6 rings (SSSR count). The molecule has 4 aromatic rings. The van der Waals surface area contributed by atoms with Crippen molar-refractivity contribution in [2.24, 2.45) is 5.92 Å². The summed E-state index contributed by atoms with van der Waals surface area (Å²) in [5.41, 5.74) is 3.35. The number of aromatic amines is 1. The Hall–Kier alpha value is -5.02. The second-order valence-corrected chi connectivity index (χ2v) is 17.0. The van der Waals surface area contributed by atoms with Gasteiger partial charge in [0.1, 0.15) is 25.1 Å². The predicted octanol–water partition coefficient (Wildman–Crippen LogP) is 6.66. The number of rotatable bonds is 22. The molecule has 1 amide bonds. The number of aryl methyl sites for hydroxylation is 1. The second-order valence-electron chi connectivity index (χ2n) is 14.4. The maximum Gasteiger partial charge on any atom is 0.261 e. The number of fused-ring (bicyclic) bond motifs is 1. The lowest BCUT2D eigenvalue weighted by Crippen LogP contribution is -2.36. The minimum atomic E-state index is -3.88. The number of carbonyl (C=O) groups is 1. The summed E-state index contributed by atoms with van der Waals surface area (Å²) < 4.78 is 63.1. The van der Waals surface area contributed by atoms with E-state index in [1.807, 2.05) is 32.1 Å². The van der Waals surface area contributed by atoms with Crippen LogP contribution in [0.25, 0.3) is 10.9 Å². The van der Waals surface area contributed by atoms with Crippen LogP contribution >= 0.6 is 11.8 Å². The number of amides is 1. The van der Waals surface area contributed by atoms with Crippen LogP contribution in [0.1, 0.15) is 49.1 Å². The van der Waals surface area contributed by atoms with Crippen molar-refractivity contribution >= 4 is 44.3 Å². The Morgan fingerprint density at radius 2 is 1.80 bits per heavy atom. The van der Waals surface area contributed by atoms with Gasteiger partial charge in [0.25, 0.3) is 15.9 Å². The smallest absolute Gasteiger partial charge is 0.261 e. The number of benzene rings is 2. The number of thioether (sulfide) groups is 1. The molecule has 2 aliphatic heterocycles. The van der Waals surface area contributed by atoms with Crippen LogP contribution in [-0.4, -0.2) is 94.8 Å². The lowest BCUT2D eigenvalue weighted by molar-refractivity contribution is -0.126. The Bertz CT molecular complexity index is 2290. The summed E-state index contributed by atoms with van der Waals surface area (Å²) in [5, 5.41) is 9.74. The second kappa shape index (κ2) is 22.0. The Balaban J connectivity index is 0.768. The highest BCUT2D eigenvalue weighted by molar-refractivity contribution is 8.06. The number of nitrogens with zero attached hydrogens (tertiary/aromatic N) is 2. The van der Waals surface area contributed by atoms with Crippen LogP contribution in [0, 0.1) is 25.2 Å². The van der Waals surface area contributed by atoms with Gasteiger partial charge in [-0.25, -0.2) is 8.42 Å². The van der Waals surface area contributed by atoms with E-state index in [0.717, 1.165) is 54.0 Å². The van der Waals surface area contributed by atoms with Crippen molar-refractivity contribution < 1.29 is 41.4 Å². The first-order valence-electron chi connectivity index (χ1n) is 20.0. The van der Waals surface area contributed by atoms with E-state index in [-0.39, 0.29) is 36.7 Å². The van der Waals surface area contributed by atoms with Crippen molar-refractivity contribution in [3.05, 3.63) is 105 Å². The normalized spacial score (nSPS) is 17.0. The summed E-state index contributed by atoms with van der Waals surface area (Å²) in [6, 6.07) is 11.6. The Morgan fingerprint density at radius 3 is 2.50 bits per heavy atom. The molecule has 1 unspecified atom stereocenters. The van der Waals surface area contributed by atoms with Crippen LogP contribution in [0.4, 0.5) is 5.69 Å². The SMILES string of the molecule is C#Cc1c[nH]c2c(NS(=O)(=O)c3ccc(CNC(=O)COCCOCCOCCOc4cc(CN5CCC(OC(/C=C\C)=C6\SC=CC6C)CC5)on4)cc3)ccc(C)c12. The quantitative estimate of drug-likeness (QED) is 0.0438. The minimum absolute atomic E-state index is 0.0843. The zero-order chi connectivity index (χ0) is 42.3. The summed E-state index contributed by atoms with van der Waals surface area (Å²) >= 11 is 1.75. The van der Waals surface area contributed by atoms with Gasteiger partial charge in [-0.3, -0.25) is 14.4 Å². The molecular weight excluding hydrogens is 807 g/mol. The van der Waals surface area contributed by atoms with E-state index in [4.69, 9.17) is 34.6 Å². The van der Waals surface area contributed by atoms with E-state index in [2.05, 4.69) is 55.5 Å². The average Bonchev–Trinajstić information content (AvgIpc) is 4.01. The van der Waals surface area contributed by atoms with Gasteiger partial charge in [-0.2, -0.15) is 0 Å². The molecule has 3 N–H and O–H groups in total. The largest absolute Gasteiger partial charge is 0.489 e. The lowest BCUT2D eigenvalue weighted by Gasteiger charge is -2.32. The first-order valence-corrected chi connectivity index (χ1v) is 22.4. The molecule has 0 spiro atoms. The molecule has 0 radical (unpaired) electrons. The van der Waals surface area contributed by atoms with Gasteiger partial charge in [-0.1, -0.05) is 55.0 Å². The van der Waals surface area contributed by atoms with E-state index in [1.54, 1.807) is 36.2 Å². The minimum Gasteiger partial charge on any atom is -0.489 e. The summed E-state index contributed by atoms with van der Waals surface area (Å²) in [6.07, 6.45) is 15.7. The fraction of sp³-hybridized carbons (Fsp3) is 0.409. The van der Waals surface area contributed by atoms with Crippen molar-refractivity contribution in [2.45, 2.75) is 57.7 Å². The van der Waals surface area contributed by atoms with E-state index in [0.29, 0.717) is 68.1 Å². The predicted molar refractivity (Wildman–Crippen MR) is 232 cm³/mol. The monoisotopic (exact) mass is 859 g/mol. The number of hydrogen-bond donors (Lipinski definition) is 3. The summed E-state index contributed by atoms with van der Waals surface area (Å²) in [4.78, 5) is 19.1. The highest BCUT2D eigenvalue weighted by atomic mass is 32.2. The lowest BCUT2D eigenvalue weighted by atomic mass is 10.1. The molecular formula is C44H53N5O9S2. The first kappa shape index (κ1) is 44.5. The number of aromatic nitrogens is 2. The van der Waals surface area contributed by atoms with E-state index < -0.39 is 10.0 Å². The number of hydrogen-bond acceptors (Lipinski definition) is 12. The van der Waals surface area contributed by atoms with Crippen LogP contribution in [0.15, 0.2) is 92.4 Å². The van der Waals surface area contributed by atoms with Crippen molar-refractivity contribution in [1.82, 2.24) is 20.4 Å². The van der Waals surface area contributed by atoms with E-state index in [1.165, 1.54) is 17.0 Å². The van der Waals surface area contributed by atoms with E-state index >= 15 is 0 Å². The molecule has 2 aromatic carbocycles. The number of anilines is 1. The molecule has 14 nitrogen and oxygen atoms in total. The van der Waals surface area contributed by atoms with Crippen LogP contribution in [0.2, 0.25) is 0 Å². The number of sulfonamides is 1. The van der Waals surface area contributed by atoms with Gasteiger partial charge in [0.2, 0.25) is 5.91 Å². The Morgan fingerprint density at radius 1 is 1.07 bits per heavy atom. The van der Waals surface area contributed by atoms with Gasteiger partial charge in [0.05, 0.1) is 55.7 Å². The third-order valence-electron chi connectivity index (χ3n) is 9.90. The number of terminal acetylenes is 1. The maximum absolute atomic E-state index is 13.1. The maximum atomic E-state index is 13.1. The highest BCUT2D eigenvalue weighted by Gasteiger charge is 2.25. The molecule has 320 valence electrons. The molecule has 0 bridgehead atoms. The fourth-order valence-corrected chi connectivity index (χ4v) is 8.79. The summed E-state index contributed by atoms with van der Waals surface area (Å²) in [6.45, 7) is 10.7. The fourth-order valence-electron chi connectivity index (χ4n) is 6.73. The van der Waals surface area contributed by atoms with Gasteiger partial charge in [-0.15, -0.1) is 6.42 Å². The van der Waals surface area contributed by atoms with Crippen molar-refractivity contribution in [1.29, 1.82) is 0 Å². The van der Waals surface area contributed by atoms with Crippen LogP contribution in [0.3, 0.4) is 0 Å². The number of ether oxygens (including phenoxy) is 5. The van der Waals surface area contributed by atoms with Gasteiger partial charge < -0.3 is 38.5 Å². The average molecular weight is 860 g/mol. The Labute approximate surface area is 356 Å². The zero-order valence-electron chi connectivity index (χ0n) is 34.2. The number of H-pyrrole nitrogens is 1. The molecule has 2 aromatic heterocycles. The first-order chi connectivity index (χ1) is 29.1. The van der Waals surface area contributed by atoms with Crippen LogP contribution in [-0.2, 0) is 46.9 Å². The van der Waals surface area contributed by atoms with Gasteiger partial charge in [0, 0.05) is 53.7 Å². The Kier molecular flexibility index (Phi) is 16.3. The third-order valence-corrected chi connectivity index (χ3v) is 12.4. The molecule has 1 saturated heterocycles. The molecule has 0 aliphatic carbocycles. The summed E-state index contributed by atoms with van der Waals surface area (Å²) in [7, 11) is -3.88. The van der Waals surface area contributed by atoms with E-state index in [9.17, 15) is 13.2 Å². The van der Waals surface area contributed by atoms with Crippen LogP contribution < -0.4 is 14.8 Å². The standard InChI is InChI=1S/C44H53N5O9S2/c1-5-7-39(44-32(4)16-25-59-44)57-35-14-17-49(18-15-35)29-36-26-41(47-58-36)56-24-23-54-20-19-53-21-22-55-30-40(50)45-27-33-9-11-37(12-10-33)60(51,52)48-38-13-8-31(3)42-34(6-2)28-46-43(38)42/h2,5,7-13,16,25-26,28,32,35,46,48H,14-15,17-24,27,29-30H2,1,3-4H3,(H,45,50)/b7-5-,44-39-. The highest BCUT2D eigenvalue weighted by Crippen LogP contribution is 2.38. The zero-order valence-corrected chi connectivity index (χ0v) is 35.9. The molecule has 16 heteroatoms. The van der Waals surface area contributed by atoms with Gasteiger partial charge >= 0.3 is 0 Å².